The molecule has 0 bridgehead atoms. The zero-order chi connectivity index (χ0) is 33.6. The molecule has 0 aliphatic carbocycles. The SMILES string of the molecule is CC(=O)OC[C@H]1O[C@@H](N(Nc2on[n+](-c3ccc(C)c([N+](=O)[O-])c3)c2C=O)C(N)=S)[C@H](OC(C)=O)[C@@H](OC(C)=O)[C@H]1OC(C)=O. The Morgan fingerprint density at radius 1 is 1.09 bits per heavy atom. The third-order valence-corrected chi connectivity index (χ3v) is 6.30. The minimum atomic E-state index is -1.62. The van der Waals surface area contributed by atoms with Crippen molar-refractivity contribution in [3.05, 3.63) is 39.6 Å². The third-order valence-electron chi connectivity index (χ3n) is 6.10. The summed E-state index contributed by atoms with van der Waals surface area (Å²) < 4.78 is 33.5. The molecule has 3 N–H and O–H groups in total. The number of carbonyl (C=O) groups is 5. The Hall–Kier alpha value is -5.24. The fourth-order valence-corrected chi connectivity index (χ4v) is 4.48. The van der Waals surface area contributed by atoms with Crippen molar-refractivity contribution in [1.29, 1.82) is 0 Å². The summed E-state index contributed by atoms with van der Waals surface area (Å²) in [7, 11) is 0. The summed E-state index contributed by atoms with van der Waals surface area (Å²) in [6.45, 7) is 5.25. The Bertz CT molecular complexity index is 1510. The molecule has 1 aliphatic rings. The zero-order valence-corrected chi connectivity index (χ0v) is 25.3. The number of aldehydes is 1. The van der Waals surface area contributed by atoms with Gasteiger partial charge in [-0.25, -0.2) is 5.01 Å². The fourth-order valence-electron chi connectivity index (χ4n) is 4.33. The molecule has 19 nitrogen and oxygen atoms in total. The summed E-state index contributed by atoms with van der Waals surface area (Å²) in [5.74, 6) is -3.74. The van der Waals surface area contributed by atoms with Crippen molar-refractivity contribution in [3.8, 4) is 5.69 Å². The summed E-state index contributed by atoms with van der Waals surface area (Å²) in [6.07, 6.45) is -7.30. The molecule has 0 amide bonds. The number of hydrazine groups is 1. The number of ether oxygens (including phenoxy) is 5. The number of nitro benzene ring substituents is 1. The first kappa shape index (κ1) is 34.3. The van der Waals surface area contributed by atoms with Gasteiger partial charge >= 0.3 is 35.5 Å². The number of nitrogens with zero attached hydrogens (tertiary/aromatic N) is 4. The lowest BCUT2D eigenvalue weighted by Gasteiger charge is -2.47. The summed E-state index contributed by atoms with van der Waals surface area (Å²) >= 11 is 5.18. The van der Waals surface area contributed by atoms with E-state index in [-0.39, 0.29) is 17.1 Å². The average Bonchev–Trinajstić information content (AvgIpc) is 3.34. The molecule has 0 saturated carbocycles. The molecule has 1 aliphatic heterocycles. The second-order valence-corrected chi connectivity index (χ2v) is 9.87. The van der Waals surface area contributed by atoms with E-state index in [9.17, 15) is 34.1 Å². The van der Waals surface area contributed by atoms with Gasteiger partial charge in [0.1, 0.15) is 12.7 Å². The first-order chi connectivity index (χ1) is 21.1. The van der Waals surface area contributed by atoms with E-state index in [4.69, 9.17) is 46.2 Å². The lowest BCUT2D eigenvalue weighted by molar-refractivity contribution is -0.671. The van der Waals surface area contributed by atoms with Crippen molar-refractivity contribution < 1.29 is 61.8 Å². The van der Waals surface area contributed by atoms with Crippen LogP contribution in [0.3, 0.4) is 0 Å². The number of rotatable bonds is 11. The van der Waals surface area contributed by atoms with Gasteiger partial charge in [-0.2, -0.15) is 0 Å². The van der Waals surface area contributed by atoms with E-state index in [1.807, 2.05) is 0 Å². The summed E-state index contributed by atoms with van der Waals surface area (Å²) in [5.41, 5.74) is 8.46. The molecule has 0 unspecified atom stereocenters. The Kier molecular flexibility index (Phi) is 11.0. The number of anilines is 1. The third kappa shape index (κ3) is 8.23. The number of nitrogens with one attached hydrogen (secondary N) is 1. The number of esters is 4. The fraction of sp³-hybridized carbons (Fsp3) is 0.440. The molecule has 1 aromatic carbocycles. The molecule has 3 rings (SSSR count). The molecule has 1 aromatic heterocycles. The van der Waals surface area contributed by atoms with Gasteiger partial charge in [-0.3, -0.25) is 44.0 Å². The van der Waals surface area contributed by atoms with Crippen molar-refractivity contribution >= 4 is 59.1 Å². The highest BCUT2D eigenvalue weighted by molar-refractivity contribution is 7.80. The highest BCUT2D eigenvalue weighted by Crippen LogP contribution is 2.31. The van der Waals surface area contributed by atoms with Gasteiger partial charge in [0.2, 0.25) is 17.2 Å². The quantitative estimate of drug-likeness (QED) is 0.0613. The van der Waals surface area contributed by atoms with E-state index >= 15 is 0 Å². The van der Waals surface area contributed by atoms with Crippen LogP contribution in [0.4, 0.5) is 11.6 Å². The van der Waals surface area contributed by atoms with Gasteiger partial charge < -0.3 is 29.4 Å². The van der Waals surface area contributed by atoms with Crippen LogP contribution in [-0.4, -0.2) is 87.7 Å². The lowest BCUT2D eigenvalue weighted by Crippen LogP contribution is -2.68. The van der Waals surface area contributed by atoms with Crippen LogP contribution in [0.1, 0.15) is 43.7 Å². The molecule has 2 heterocycles. The molecule has 20 heteroatoms. The van der Waals surface area contributed by atoms with Gasteiger partial charge in [-0.05, 0) is 29.9 Å². The molecule has 5 atom stereocenters. The second-order valence-electron chi connectivity index (χ2n) is 9.45. The number of benzene rings is 1. The van der Waals surface area contributed by atoms with E-state index in [2.05, 4.69) is 10.7 Å². The van der Waals surface area contributed by atoms with Crippen LogP contribution in [0.15, 0.2) is 22.7 Å². The van der Waals surface area contributed by atoms with E-state index < -0.39 is 77.0 Å². The van der Waals surface area contributed by atoms with Crippen LogP contribution in [0.2, 0.25) is 0 Å². The molecule has 0 spiro atoms. The smallest absolute Gasteiger partial charge is 0.345 e. The van der Waals surface area contributed by atoms with Gasteiger partial charge in [0.25, 0.3) is 5.69 Å². The summed E-state index contributed by atoms with van der Waals surface area (Å²) in [6, 6.07) is 4.06. The number of thiocarbonyl (C=S) groups is 1. The van der Waals surface area contributed by atoms with Gasteiger partial charge in [0.05, 0.1) is 11.0 Å². The Labute approximate surface area is 259 Å². The summed E-state index contributed by atoms with van der Waals surface area (Å²) in [5, 5.41) is 15.6. The standard InChI is InChI=1S/C25H28N6O13S/c1-11-6-7-16(8-17(11)31(37)38)29-18(9-32)23(44-28-29)27-30(25(26)45)24-22(42-15(5)36)21(41-14(4)35)20(40-13(3)34)19(43-24)10-39-12(2)33/h6-9,19-22,24H,10H2,1-5H3,(H2-,26,27,28,32,45)/p+1/t19-,20+,21+,22-,24-/m1/s1. The molecule has 1 fully saturated rings. The number of nitrogens with two attached hydrogens (primary N) is 1. The van der Waals surface area contributed by atoms with Crippen LogP contribution in [-0.2, 0) is 42.9 Å². The predicted octanol–water partition coefficient (Wildman–Crippen LogP) is -0.0640. The first-order valence-electron chi connectivity index (χ1n) is 12.9. The van der Waals surface area contributed by atoms with Crippen LogP contribution >= 0.6 is 12.2 Å². The Morgan fingerprint density at radius 3 is 2.22 bits per heavy atom. The molecule has 1 saturated heterocycles. The van der Waals surface area contributed by atoms with E-state index in [0.717, 1.165) is 37.4 Å². The molecular formula is C25H29N6O13S+. The van der Waals surface area contributed by atoms with Gasteiger partial charge in [-0.1, -0.05) is 0 Å². The maximum Gasteiger partial charge on any atom is 0.345 e. The monoisotopic (exact) mass is 653 g/mol. The number of hydrogen-bond donors (Lipinski definition) is 2. The molecule has 2 aromatic rings. The largest absolute Gasteiger partial charge is 0.463 e. The number of aromatic nitrogens is 2. The van der Waals surface area contributed by atoms with Crippen molar-refractivity contribution in [2.75, 3.05) is 12.0 Å². The average molecular weight is 654 g/mol. The van der Waals surface area contributed by atoms with Crippen LogP contribution < -0.4 is 15.8 Å². The van der Waals surface area contributed by atoms with Crippen LogP contribution in [0.5, 0.6) is 0 Å². The molecular weight excluding hydrogens is 624 g/mol. The zero-order valence-electron chi connectivity index (χ0n) is 24.5. The summed E-state index contributed by atoms with van der Waals surface area (Å²) in [4.78, 5) is 71.0. The topological polar surface area (TPSA) is 246 Å². The van der Waals surface area contributed by atoms with Crippen LogP contribution in [0.25, 0.3) is 5.69 Å². The van der Waals surface area contributed by atoms with Crippen LogP contribution in [0, 0.1) is 17.0 Å². The number of carbonyl (C=O) groups excluding carboxylic acids is 5. The van der Waals surface area contributed by atoms with E-state index in [1.54, 1.807) is 0 Å². The van der Waals surface area contributed by atoms with E-state index in [1.165, 1.54) is 25.1 Å². The maximum absolute atomic E-state index is 12.2. The number of aryl methyl sites for hydroxylation is 1. The highest BCUT2D eigenvalue weighted by Gasteiger charge is 2.55. The lowest BCUT2D eigenvalue weighted by atomic mass is 9.97. The van der Waals surface area contributed by atoms with Gasteiger partial charge in [0.15, 0.2) is 29.7 Å². The molecule has 45 heavy (non-hydrogen) atoms. The number of hydrogen-bond acceptors (Lipinski definition) is 16. The molecule has 242 valence electrons. The number of nitro groups is 1. The highest BCUT2D eigenvalue weighted by atomic mass is 32.1. The Morgan fingerprint density at radius 2 is 1.69 bits per heavy atom. The normalized spacial score (nSPS) is 20.7. The van der Waals surface area contributed by atoms with Crippen molar-refractivity contribution in [3.63, 3.8) is 0 Å². The maximum atomic E-state index is 12.2. The van der Waals surface area contributed by atoms with Gasteiger partial charge in [0, 0.05) is 39.3 Å². The second kappa shape index (κ2) is 14.5. The van der Waals surface area contributed by atoms with Crippen molar-refractivity contribution in [2.24, 2.45) is 5.73 Å². The van der Waals surface area contributed by atoms with Gasteiger partial charge in [-0.15, -0.1) is 0 Å². The molecule has 0 radical (unpaired) electrons. The first-order valence-corrected chi connectivity index (χ1v) is 13.3. The predicted molar refractivity (Wildman–Crippen MR) is 149 cm³/mol. The minimum absolute atomic E-state index is 0.0837. The minimum Gasteiger partial charge on any atom is -0.463 e. The van der Waals surface area contributed by atoms with E-state index in [0.29, 0.717) is 11.8 Å². The van der Waals surface area contributed by atoms with Crippen molar-refractivity contribution in [1.82, 2.24) is 10.3 Å². The Balaban J connectivity index is 2.12. The van der Waals surface area contributed by atoms with Crippen molar-refractivity contribution in [2.45, 2.75) is 65.3 Å².